The molecule has 1 amide bonds. The van der Waals surface area contributed by atoms with Crippen LogP contribution in [0.2, 0.25) is 0 Å². The summed E-state index contributed by atoms with van der Waals surface area (Å²) in [6.45, 7) is 7.89. The molecule has 2 atom stereocenters. The Hall–Kier alpha value is -3.15. The standard InChI is InChI=1S/C24H28N4O2/c1-16-6-8-18(9-7-16)21-14-20(17-10-12-19(30-5)13-11-17)27(22(29)24(2,3)4)23-25-15-26-28(21)23/h6-13,15,20-21H,14H2,1-5H3/t20-,21-/m1/s1. The average molecular weight is 405 g/mol. The second-order valence-electron chi connectivity index (χ2n) is 8.88. The number of carbonyl (C=O) groups is 1. The molecule has 156 valence electrons. The minimum atomic E-state index is -0.543. The number of aromatic nitrogens is 3. The van der Waals surface area contributed by atoms with E-state index in [1.165, 1.54) is 11.9 Å². The van der Waals surface area contributed by atoms with E-state index in [2.05, 4.69) is 41.3 Å². The van der Waals surface area contributed by atoms with Crippen molar-refractivity contribution in [3.8, 4) is 5.75 Å². The summed E-state index contributed by atoms with van der Waals surface area (Å²) in [7, 11) is 1.65. The molecule has 2 aromatic carbocycles. The first-order valence-corrected chi connectivity index (χ1v) is 10.2. The number of aryl methyl sites for hydroxylation is 1. The van der Waals surface area contributed by atoms with Crippen LogP contribution in [0.5, 0.6) is 5.75 Å². The van der Waals surface area contributed by atoms with Gasteiger partial charge in [0.15, 0.2) is 0 Å². The third-order valence-electron chi connectivity index (χ3n) is 5.65. The monoisotopic (exact) mass is 404 g/mol. The van der Waals surface area contributed by atoms with Crippen molar-refractivity contribution in [3.63, 3.8) is 0 Å². The summed E-state index contributed by atoms with van der Waals surface area (Å²) in [6, 6.07) is 16.3. The van der Waals surface area contributed by atoms with Gasteiger partial charge in [-0.25, -0.2) is 4.68 Å². The topological polar surface area (TPSA) is 60.2 Å². The summed E-state index contributed by atoms with van der Waals surface area (Å²) in [5.41, 5.74) is 2.89. The van der Waals surface area contributed by atoms with Crippen LogP contribution >= 0.6 is 0 Å². The van der Waals surface area contributed by atoms with Crippen LogP contribution in [0.1, 0.15) is 56.0 Å². The molecule has 0 unspecified atom stereocenters. The van der Waals surface area contributed by atoms with Crippen molar-refractivity contribution in [1.82, 2.24) is 14.8 Å². The fourth-order valence-electron chi connectivity index (χ4n) is 3.96. The number of hydrogen-bond donors (Lipinski definition) is 0. The van der Waals surface area contributed by atoms with Crippen LogP contribution in [-0.4, -0.2) is 27.8 Å². The largest absolute Gasteiger partial charge is 0.497 e. The molecular weight excluding hydrogens is 376 g/mol. The number of anilines is 1. The molecule has 6 nitrogen and oxygen atoms in total. The van der Waals surface area contributed by atoms with Crippen LogP contribution in [0.25, 0.3) is 0 Å². The van der Waals surface area contributed by atoms with Crippen LogP contribution in [-0.2, 0) is 4.79 Å². The number of hydrogen-bond acceptors (Lipinski definition) is 4. The lowest BCUT2D eigenvalue weighted by atomic mass is 9.88. The smallest absolute Gasteiger partial charge is 0.235 e. The maximum atomic E-state index is 13.5. The first-order chi connectivity index (χ1) is 14.3. The molecule has 0 spiro atoms. The quantitative estimate of drug-likeness (QED) is 0.634. The minimum absolute atomic E-state index is 0.000722. The Labute approximate surface area is 177 Å². The van der Waals surface area contributed by atoms with E-state index in [-0.39, 0.29) is 18.0 Å². The lowest BCUT2D eigenvalue weighted by Gasteiger charge is -2.41. The van der Waals surface area contributed by atoms with Gasteiger partial charge in [0.1, 0.15) is 12.1 Å². The minimum Gasteiger partial charge on any atom is -0.497 e. The number of nitrogens with zero attached hydrogens (tertiary/aromatic N) is 4. The van der Waals surface area contributed by atoms with E-state index in [4.69, 9.17) is 4.74 Å². The normalized spacial score (nSPS) is 18.8. The molecule has 3 aromatic rings. The molecule has 0 fully saturated rings. The molecule has 0 saturated heterocycles. The van der Waals surface area contributed by atoms with Gasteiger partial charge in [0.25, 0.3) is 0 Å². The second kappa shape index (κ2) is 7.59. The molecule has 30 heavy (non-hydrogen) atoms. The highest BCUT2D eigenvalue weighted by atomic mass is 16.5. The van der Waals surface area contributed by atoms with Crippen LogP contribution in [0.15, 0.2) is 54.9 Å². The Bertz CT molecular complexity index is 1030. The SMILES string of the molecule is COc1ccc([C@H]2C[C@H](c3ccc(C)cc3)n3ncnc3N2C(=O)C(C)(C)C)cc1. The molecule has 0 radical (unpaired) electrons. The lowest BCUT2D eigenvalue weighted by molar-refractivity contribution is -0.126. The summed E-state index contributed by atoms with van der Waals surface area (Å²) >= 11 is 0. The van der Waals surface area contributed by atoms with Crippen molar-refractivity contribution in [2.75, 3.05) is 12.0 Å². The highest BCUT2D eigenvalue weighted by molar-refractivity contribution is 5.96. The van der Waals surface area contributed by atoms with Gasteiger partial charge in [-0.2, -0.15) is 10.1 Å². The van der Waals surface area contributed by atoms with Crippen molar-refractivity contribution in [3.05, 3.63) is 71.5 Å². The third-order valence-corrected chi connectivity index (χ3v) is 5.65. The summed E-state index contributed by atoms with van der Waals surface area (Å²) in [5.74, 6) is 1.41. The van der Waals surface area contributed by atoms with Crippen LogP contribution in [0, 0.1) is 12.3 Å². The Morgan fingerprint density at radius 2 is 1.60 bits per heavy atom. The van der Waals surface area contributed by atoms with Gasteiger partial charge < -0.3 is 4.74 Å². The summed E-state index contributed by atoms with van der Waals surface area (Å²) < 4.78 is 7.21. The molecule has 2 heterocycles. The summed E-state index contributed by atoms with van der Waals surface area (Å²) in [4.78, 5) is 19.8. The number of benzene rings is 2. The Morgan fingerprint density at radius 3 is 2.20 bits per heavy atom. The Kier molecular flexibility index (Phi) is 5.10. The van der Waals surface area contributed by atoms with Crippen molar-refractivity contribution < 1.29 is 9.53 Å². The number of rotatable bonds is 3. The van der Waals surface area contributed by atoms with Gasteiger partial charge in [0, 0.05) is 5.41 Å². The zero-order valence-electron chi connectivity index (χ0n) is 18.2. The van der Waals surface area contributed by atoms with Crippen LogP contribution in [0.4, 0.5) is 5.95 Å². The van der Waals surface area contributed by atoms with Gasteiger partial charge in [-0.05, 0) is 36.6 Å². The van der Waals surface area contributed by atoms with Gasteiger partial charge in [-0.3, -0.25) is 9.69 Å². The van der Waals surface area contributed by atoms with Gasteiger partial charge in [0.05, 0.1) is 19.2 Å². The van der Waals surface area contributed by atoms with Gasteiger partial charge in [0.2, 0.25) is 11.9 Å². The molecule has 0 saturated carbocycles. The van der Waals surface area contributed by atoms with Gasteiger partial charge >= 0.3 is 0 Å². The number of fused-ring (bicyclic) bond motifs is 1. The highest BCUT2D eigenvalue weighted by Crippen LogP contribution is 2.43. The van der Waals surface area contributed by atoms with Crippen molar-refractivity contribution in [2.24, 2.45) is 5.41 Å². The molecule has 0 N–H and O–H groups in total. The average Bonchev–Trinajstić information content (AvgIpc) is 3.22. The van der Waals surface area contributed by atoms with Crippen molar-refractivity contribution in [2.45, 2.75) is 46.2 Å². The predicted molar refractivity (Wildman–Crippen MR) is 117 cm³/mol. The van der Waals surface area contributed by atoms with E-state index in [0.717, 1.165) is 16.9 Å². The van der Waals surface area contributed by atoms with Crippen molar-refractivity contribution in [1.29, 1.82) is 0 Å². The third kappa shape index (κ3) is 3.58. The second-order valence-corrected chi connectivity index (χ2v) is 8.88. The molecule has 4 rings (SSSR count). The number of ether oxygens (including phenoxy) is 1. The molecule has 0 aliphatic carbocycles. The maximum Gasteiger partial charge on any atom is 0.235 e. The summed E-state index contributed by atoms with van der Waals surface area (Å²) in [5, 5.41) is 4.50. The maximum absolute atomic E-state index is 13.5. The predicted octanol–water partition coefficient (Wildman–Crippen LogP) is 4.71. The molecular formula is C24H28N4O2. The number of carbonyl (C=O) groups excluding carboxylic acids is 1. The van der Waals surface area contributed by atoms with E-state index < -0.39 is 5.41 Å². The fraction of sp³-hybridized carbons (Fsp3) is 0.375. The molecule has 1 aliphatic heterocycles. The van der Waals surface area contributed by atoms with Gasteiger partial charge in [-0.1, -0.05) is 62.7 Å². The Balaban J connectivity index is 1.84. The van der Waals surface area contributed by atoms with E-state index >= 15 is 0 Å². The molecule has 1 aromatic heterocycles. The highest BCUT2D eigenvalue weighted by Gasteiger charge is 2.42. The fourth-order valence-corrected chi connectivity index (χ4v) is 3.96. The lowest BCUT2D eigenvalue weighted by Crippen LogP contribution is -2.47. The van der Waals surface area contributed by atoms with Gasteiger partial charge in [-0.15, -0.1) is 0 Å². The van der Waals surface area contributed by atoms with E-state index in [9.17, 15) is 4.79 Å². The number of methoxy groups -OCH3 is 1. The van der Waals surface area contributed by atoms with Crippen LogP contribution in [0.3, 0.4) is 0 Å². The van der Waals surface area contributed by atoms with Crippen molar-refractivity contribution >= 4 is 11.9 Å². The molecule has 6 heteroatoms. The first-order valence-electron chi connectivity index (χ1n) is 10.2. The zero-order chi connectivity index (χ0) is 21.5. The first kappa shape index (κ1) is 20.1. The summed E-state index contributed by atoms with van der Waals surface area (Å²) in [6.07, 6.45) is 2.25. The number of amides is 1. The van der Waals surface area contributed by atoms with Crippen LogP contribution < -0.4 is 9.64 Å². The molecule has 1 aliphatic rings. The zero-order valence-corrected chi connectivity index (χ0v) is 18.2. The van der Waals surface area contributed by atoms with E-state index in [0.29, 0.717) is 12.4 Å². The van der Waals surface area contributed by atoms with E-state index in [1.807, 2.05) is 54.6 Å². The molecule has 0 bridgehead atoms. The van der Waals surface area contributed by atoms with E-state index in [1.54, 1.807) is 7.11 Å². The Morgan fingerprint density at radius 1 is 1.00 bits per heavy atom.